The maximum Gasteiger partial charge on any atom is 0.305 e. The fourth-order valence-corrected chi connectivity index (χ4v) is 7.39. The molecule has 0 saturated carbocycles. The molecule has 3 N–H and O–H groups in total. The second-order valence-electron chi connectivity index (χ2n) is 14.0. The van der Waals surface area contributed by atoms with Gasteiger partial charge in [-0.25, -0.2) is 15.0 Å². The number of nitrogens with two attached hydrogens (primary N) is 1. The number of nitrogens with zero attached hydrogens (tertiary/aromatic N) is 4. The molecule has 5 heterocycles. The van der Waals surface area contributed by atoms with Gasteiger partial charge in [-0.3, -0.25) is 9.36 Å². The maximum atomic E-state index is 14.2. The highest BCUT2D eigenvalue weighted by atomic mass is 16.8. The molecule has 2 saturated heterocycles. The minimum absolute atomic E-state index is 0.204. The summed E-state index contributed by atoms with van der Waals surface area (Å²) in [5, 5.41) is 3.06. The largest absolute Gasteiger partial charge is 0.440 e. The van der Waals surface area contributed by atoms with Crippen LogP contribution in [0, 0.1) is 6.92 Å². The third-order valence-corrected chi connectivity index (χ3v) is 9.92. The van der Waals surface area contributed by atoms with Gasteiger partial charge in [-0.1, -0.05) is 103 Å². The minimum Gasteiger partial charge on any atom is -0.440 e. The minimum atomic E-state index is -1.30. The SMILES string of the molecule is Cc1ccc(-c2cc3c(c(C(=O)NCC=C[C@H]4O[C@@H](n5cnc6c(N)ncnc65)[C@@H]5OC(C)(C)O[C@@H]54)c2)OC(c2ccccc2)(c2ccccc2)O3)cc1. The van der Waals surface area contributed by atoms with Crippen molar-refractivity contribution in [2.24, 2.45) is 0 Å². The Morgan fingerprint density at radius 3 is 2.30 bits per heavy atom. The van der Waals surface area contributed by atoms with Gasteiger partial charge in [-0.2, -0.15) is 0 Å². The normalized spacial score (nSPS) is 22.1. The number of anilines is 1. The van der Waals surface area contributed by atoms with E-state index in [4.69, 9.17) is 29.4 Å². The van der Waals surface area contributed by atoms with Crippen LogP contribution in [0.4, 0.5) is 5.82 Å². The van der Waals surface area contributed by atoms with Crippen LogP contribution >= 0.6 is 0 Å². The summed E-state index contributed by atoms with van der Waals surface area (Å²) in [6, 6.07) is 31.4. The summed E-state index contributed by atoms with van der Waals surface area (Å²) in [5.41, 5.74) is 11.9. The summed E-state index contributed by atoms with van der Waals surface area (Å²) in [7, 11) is 0. The number of nitrogens with one attached hydrogen (secondary N) is 1. The first-order chi connectivity index (χ1) is 26.2. The average molecular weight is 723 g/mol. The second kappa shape index (κ2) is 13.1. The van der Waals surface area contributed by atoms with Gasteiger partial charge in [0.2, 0.25) is 0 Å². The molecule has 0 aliphatic carbocycles. The van der Waals surface area contributed by atoms with E-state index in [0.717, 1.165) is 27.8 Å². The zero-order chi connectivity index (χ0) is 37.0. The summed E-state index contributed by atoms with van der Waals surface area (Å²) < 4.78 is 34.4. The number of rotatable bonds is 8. The number of carbonyl (C=O) groups excluding carboxylic acids is 1. The smallest absolute Gasteiger partial charge is 0.305 e. The molecule has 3 aliphatic rings. The van der Waals surface area contributed by atoms with Crippen molar-refractivity contribution < 1.29 is 28.5 Å². The number of nitrogen functional groups attached to an aromatic ring is 1. The van der Waals surface area contributed by atoms with Crippen LogP contribution in [0.15, 0.2) is 122 Å². The molecule has 54 heavy (non-hydrogen) atoms. The van der Waals surface area contributed by atoms with Gasteiger partial charge in [-0.15, -0.1) is 0 Å². The van der Waals surface area contributed by atoms with Gasteiger partial charge in [0.15, 0.2) is 35.0 Å². The lowest BCUT2D eigenvalue weighted by molar-refractivity contribution is -0.191. The number of amides is 1. The molecule has 0 unspecified atom stereocenters. The zero-order valence-corrected chi connectivity index (χ0v) is 29.9. The maximum absolute atomic E-state index is 14.2. The van der Waals surface area contributed by atoms with Gasteiger partial charge in [0, 0.05) is 17.7 Å². The van der Waals surface area contributed by atoms with E-state index in [1.54, 1.807) is 10.9 Å². The van der Waals surface area contributed by atoms with E-state index in [9.17, 15) is 4.79 Å². The molecule has 3 aliphatic heterocycles. The van der Waals surface area contributed by atoms with E-state index in [2.05, 4.69) is 20.3 Å². The summed E-state index contributed by atoms with van der Waals surface area (Å²) in [6.45, 7) is 5.98. The Kier molecular flexibility index (Phi) is 8.18. The highest BCUT2D eigenvalue weighted by molar-refractivity contribution is 5.99. The Morgan fingerprint density at radius 2 is 1.57 bits per heavy atom. The zero-order valence-electron chi connectivity index (χ0n) is 29.9. The second-order valence-corrected chi connectivity index (χ2v) is 14.0. The van der Waals surface area contributed by atoms with E-state index in [1.165, 1.54) is 6.33 Å². The van der Waals surface area contributed by atoms with Crippen LogP contribution < -0.4 is 20.5 Å². The van der Waals surface area contributed by atoms with Gasteiger partial charge in [-0.05, 0) is 44.0 Å². The molecule has 12 nitrogen and oxygen atoms in total. The lowest BCUT2D eigenvalue weighted by atomic mass is 9.97. The first kappa shape index (κ1) is 33.7. The monoisotopic (exact) mass is 722 g/mol. The molecule has 0 radical (unpaired) electrons. The molecule has 0 spiro atoms. The predicted octanol–water partition coefficient (Wildman–Crippen LogP) is 6.46. The third kappa shape index (κ3) is 5.84. The molecule has 4 aromatic carbocycles. The number of imidazole rings is 1. The molecule has 12 heteroatoms. The van der Waals surface area contributed by atoms with Crippen molar-refractivity contribution >= 4 is 22.9 Å². The number of carbonyl (C=O) groups is 1. The molecule has 0 bridgehead atoms. The fraction of sp³-hybridized carbons (Fsp3) is 0.238. The van der Waals surface area contributed by atoms with E-state index in [0.29, 0.717) is 28.2 Å². The van der Waals surface area contributed by atoms with Gasteiger partial charge in [0.05, 0.1) is 11.9 Å². The molecular formula is C42H38N6O6. The molecule has 4 atom stereocenters. The van der Waals surface area contributed by atoms with Crippen molar-refractivity contribution in [2.45, 2.75) is 56.9 Å². The van der Waals surface area contributed by atoms with Crippen molar-refractivity contribution in [3.63, 3.8) is 0 Å². The first-order valence-corrected chi connectivity index (χ1v) is 17.8. The van der Waals surface area contributed by atoms with Crippen molar-refractivity contribution in [2.75, 3.05) is 12.3 Å². The first-order valence-electron chi connectivity index (χ1n) is 17.8. The Bertz CT molecular complexity index is 2340. The molecule has 2 fully saturated rings. The van der Waals surface area contributed by atoms with Gasteiger partial charge in [0.1, 0.15) is 30.2 Å². The van der Waals surface area contributed by atoms with E-state index in [1.807, 2.05) is 130 Å². The van der Waals surface area contributed by atoms with Crippen LogP contribution in [0.3, 0.4) is 0 Å². The van der Waals surface area contributed by atoms with Crippen molar-refractivity contribution in [3.8, 4) is 22.6 Å². The van der Waals surface area contributed by atoms with Crippen LogP contribution in [0.25, 0.3) is 22.3 Å². The fourth-order valence-electron chi connectivity index (χ4n) is 7.39. The van der Waals surface area contributed by atoms with Crippen molar-refractivity contribution in [1.82, 2.24) is 24.8 Å². The Hall–Kier alpha value is -6.08. The van der Waals surface area contributed by atoms with E-state index < -0.39 is 36.1 Å². The number of fused-ring (bicyclic) bond motifs is 3. The number of aromatic nitrogens is 4. The van der Waals surface area contributed by atoms with E-state index in [-0.39, 0.29) is 18.3 Å². The summed E-state index contributed by atoms with van der Waals surface area (Å²) in [6.07, 6.45) is 4.81. The molecule has 9 rings (SSSR count). The number of aryl methyl sites for hydroxylation is 1. The lowest BCUT2D eigenvalue weighted by Gasteiger charge is -2.28. The van der Waals surface area contributed by atoms with Gasteiger partial charge >= 0.3 is 5.79 Å². The van der Waals surface area contributed by atoms with Crippen molar-refractivity contribution in [1.29, 1.82) is 0 Å². The van der Waals surface area contributed by atoms with Gasteiger partial charge in [0.25, 0.3) is 5.91 Å². The molecule has 2 aromatic heterocycles. The standard InChI is InChI=1S/C42H38N6O6/c1-25-16-18-26(19-17-25)27-21-30(34-32(22-27)51-42(54-34,28-11-6-4-7-12-28)29-13-8-5-9-14-29)39(49)44-20-10-15-31-35-36(53-41(2,3)52-35)40(50-31)48-24-47-33-37(43)45-23-46-38(33)48/h4-19,21-24,31,35-36,40H,20H2,1-3H3,(H,44,49)(H2,43,45,46)/t31-,35-,36-,40-/m1/s1. The van der Waals surface area contributed by atoms with Gasteiger partial charge < -0.3 is 34.7 Å². The Labute approximate surface area is 311 Å². The molecule has 272 valence electrons. The topological polar surface area (TPSA) is 145 Å². The Morgan fingerprint density at radius 1 is 0.870 bits per heavy atom. The quantitative estimate of drug-likeness (QED) is 0.168. The summed E-state index contributed by atoms with van der Waals surface area (Å²) in [5.74, 6) is -1.34. The van der Waals surface area contributed by atoms with Crippen LogP contribution in [-0.4, -0.2) is 56.1 Å². The average Bonchev–Trinajstić information content (AvgIpc) is 3.95. The summed E-state index contributed by atoms with van der Waals surface area (Å²) in [4.78, 5) is 27.0. The Balaban J connectivity index is 0.999. The number of hydrogen-bond acceptors (Lipinski definition) is 10. The highest BCUT2D eigenvalue weighted by Gasteiger charge is 2.55. The van der Waals surface area contributed by atoms with Crippen LogP contribution in [0.1, 0.15) is 47.1 Å². The van der Waals surface area contributed by atoms with Crippen LogP contribution in [0.5, 0.6) is 11.5 Å². The number of ether oxygens (including phenoxy) is 5. The predicted molar refractivity (Wildman–Crippen MR) is 200 cm³/mol. The van der Waals surface area contributed by atoms with Crippen LogP contribution in [-0.2, 0) is 20.0 Å². The third-order valence-electron chi connectivity index (χ3n) is 9.92. The van der Waals surface area contributed by atoms with Crippen LogP contribution in [0.2, 0.25) is 0 Å². The molecular weight excluding hydrogens is 684 g/mol. The molecule has 1 amide bonds. The number of benzene rings is 4. The van der Waals surface area contributed by atoms with Crippen molar-refractivity contribution in [3.05, 3.63) is 144 Å². The summed E-state index contributed by atoms with van der Waals surface area (Å²) >= 11 is 0. The highest BCUT2D eigenvalue weighted by Crippen LogP contribution is 2.51. The number of hydrogen-bond donors (Lipinski definition) is 2. The molecule has 6 aromatic rings. The van der Waals surface area contributed by atoms with E-state index >= 15 is 0 Å². The lowest BCUT2D eigenvalue weighted by Crippen LogP contribution is -2.37.